The van der Waals surface area contributed by atoms with Crippen molar-refractivity contribution in [3.8, 4) is 11.1 Å². The Balaban J connectivity index is 0.000000136. The molecule has 0 heteroatoms. The molecule has 0 radical (unpaired) electrons. The van der Waals surface area contributed by atoms with Gasteiger partial charge in [-0.2, -0.15) is 0 Å². The van der Waals surface area contributed by atoms with E-state index < -0.39 is 0 Å². The van der Waals surface area contributed by atoms with Gasteiger partial charge in [0.25, 0.3) is 0 Å². The monoisotopic (exact) mass is 432 g/mol. The van der Waals surface area contributed by atoms with Crippen molar-refractivity contribution < 1.29 is 0 Å². The highest BCUT2D eigenvalue weighted by atomic mass is 14.1. The van der Waals surface area contributed by atoms with Crippen molar-refractivity contribution in [1.82, 2.24) is 0 Å². The molecule has 0 nitrogen and oxygen atoms in total. The summed E-state index contributed by atoms with van der Waals surface area (Å²) in [5.41, 5.74) is 2.61. The van der Waals surface area contributed by atoms with Crippen LogP contribution in [0.1, 0.15) is 0 Å². The summed E-state index contributed by atoms with van der Waals surface area (Å²) in [6, 6.07) is 51.6. The van der Waals surface area contributed by atoms with Gasteiger partial charge in [0.05, 0.1) is 0 Å². The van der Waals surface area contributed by atoms with Crippen molar-refractivity contribution in [1.29, 1.82) is 0 Å². The normalized spacial score (nSPS) is 10.9. The van der Waals surface area contributed by atoms with Gasteiger partial charge in [0, 0.05) is 0 Å². The molecule has 0 saturated heterocycles. The first-order valence-corrected chi connectivity index (χ1v) is 11.7. The third kappa shape index (κ3) is 3.80. The summed E-state index contributed by atoms with van der Waals surface area (Å²) in [6.07, 6.45) is 0. The van der Waals surface area contributed by atoms with Crippen LogP contribution in [0.5, 0.6) is 0 Å². The number of benzene rings is 7. The van der Waals surface area contributed by atoms with Crippen molar-refractivity contribution in [2.24, 2.45) is 0 Å². The molecule has 0 N–H and O–H groups in total. The molecule has 0 fully saturated rings. The van der Waals surface area contributed by atoms with Crippen LogP contribution in [0.25, 0.3) is 54.2 Å². The van der Waals surface area contributed by atoms with E-state index in [0.29, 0.717) is 0 Å². The molecule has 7 aromatic rings. The Morgan fingerprint density at radius 2 is 0.529 bits per heavy atom. The molecular formula is C34H24. The van der Waals surface area contributed by atoms with Crippen LogP contribution < -0.4 is 0 Å². The maximum absolute atomic E-state index is 2.24. The summed E-state index contributed by atoms with van der Waals surface area (Å²) >= 11 is 0. The molecule has 0 aliphatic carbocycles. The molecule has 0 aliphatic rings. The summed E-state index contributed by atoms with van der Waals surface area (Å²) in [6.45, 7) is 0. The minimum absolute atomic E-state index is 1.29. The van der Waals surface area contributed by atoms with E-state index in [1.165, 1.54) is 54.2 Å². The highest BCUT2D eigenvalue weighted by Crippen LogP contribution is 2.33. The maximum Gasteiger partial charge on any atom is -0.00992 e. The zero-order valence-electron chi connectivity index (χ0n) is 18.9. The van der Waals surface area contributed by atoms with Gasteiger partial charge in [-0.25, -0.2) is 0 Å². The third-order valence-electron chi connectivity index (χ3n) is 6.48. The molecule has 34 heavy (non-hydrogen) atoms. The van der Waals surface area contributed by atoms with Crippen LogP contribution in [-0.4, -0.2) is 0 Å². The molecular weight excluding hydrogens is 408 g/mol. The Morgan fingerprint density at radius 1 is 0.235 bits per heavy atom. The second kappa shape index (κ2) is 8.84. The quantitative estimate of drug-likeness (QED) is 0.226. The Morgan fingerprint density at radius 3 is 0.912 bits per heavy atom. The summed E-state index contributed by atoms with van der Waals surface area (Å²) in [7, 11) is 0. The lowest BCUT2D eigenvalue weighted by Crippen LogP contribution is -1.83. The topological polar surface area (TPSA) is 0 Å². The third-order valence-corrected chi connectivity index (χ3v) is 6.48. The number of rotatable bonds is 1. The molecule has 0 bridgehead atoms. The van der Waals surface area contributed by atoms with Gasteiger partial charge in [-0.15, -0.1) is 0 Å². The molecule has 7 rings (SSSR count). The van der Waals surface area contributed by atoms with E-state index in [-0.39, 0.29) is 0 Å². The molecule has 0 aliphatic heterocycles. The molecule has 0 unspecified atom stereocenters. The minimum atomic E-state index is 1.29. The van der Waals surface area contributed by atoms with Crippen LogP contribution in [-0.2, 0) is 0 Å². The molecule has 0 saturated carbocycles. The highest BCUT2D eigenvalue weighted by molar-refractivity contribution is 6.05. The first-order chi connectivity index (χ1) is 16.9. The van der Waals surface area contributed by atoms with Crippen LogP contribution >= 0.6 is 0 Å². The van der Waals surface area contributed by atoms with Gasteiger partial charge < -0.3 is 0 Å². The SMILES string of the molecule is c1ccc2c(-c3cccc4ccccc34)cccc2c1.c1ccc2cc3ccccc3cc2c1. The van der Waals surface area contributed by atoms with Crippen molar-refractivity contribution in [2.45, 2.75) is 0 Å². The van der Waals surface area contributed by atoms with Crippen LogP contribution in [0.3, 0.4) is 0 Å². The zero-order chi connectivity index (χ0) is 22.7. The number of hydrogen-bond donors (Lipinski definition) is 0. The largest absolute Gasteiger partial charge is 0.0616 e. The van der Waals surface area contributed by atoms with Gasteiger partial charge in [-0.05, 0) is 66.3 Å². The second-order valence-electron chi connectivity index (χ2n) is 8.60. The molecule has 160 valence electrons. The minimum Gasteiger partial charge on any atom is -0.0616 e. The van der Waals surface area contributed by atoms with Crippen LogP contribution in [0.15, 0.2) is 146 Å². The average molecular weight is 433 g/mol. The summed E-state index contributed by atoms with van der Waals surface area (Å²) in [5.74, 6) is 0. The first kappa shape index (κ1) is 20.2. The molecule has 0 spiro atoms. The van der Waals surface area contributed by atoms with Crippen LogP contribution in [0.2, 0.25) is 0 Å². The molecule has 0 aromatic heterocycles. The van der Waals surface area contributed by atoms with E-state index in [4.69, 9.17) is 0 Å². The summed E-state index contributed by atoms with van der Waals surface area (Å²) < 4.78 is 0. The lowest BCUT2D eigenvalue weighted by Gasteiger charge is -2.10. The smallest absolute Gasteiger partial charge is 0.00992 e. The van der Waals surface area contributed by atoms with Crippen molar-refractivity contribution in [2.75, 3.05) is 0 Å². The predicted octanol–water partition coefficient (Wildman–Crippen LogP) is 9.65. The fourth-order valence-electron chi connectivity index (χ4n) is 4.80. The van der Waals surface area contributed by atoms with E-state index in [2.05, 4.69) is 146 Å². The van der Waals surface area contributed by atoms with E-state index in [1.54, 1.807) is 0 Å². The van der Waals surface area contributed by atoms with Gasteiger partial charge in [0.15, 0.2) is 0 Å². The van der Waals surface area contributed by atoms with Gasteiger partial charge >= 0.3 is 0 Å². The van der Waals surface area contributed by atoms with E-state index >= 15 is 0 Å². The second-order valence-corrected chi connectivity index (χ2v) is 8.60. The lowest BCUT2D eigenvalue weighted by molar-refractivity contribution is 1.68. The van der Waals surface area contributed by atoms with Crippen molar-refractivity contribution in [3.05, 3.63) is 146 Å². The predicted molar refractivity (Wildman–Crippen MR) is 148 cm³/mol. The fraction of sp³-hybridized carbons (Fsp3) is 0. The maximum atomic E-state index is 2.24. The first-order valence-electron chi connectivity index (χ1n) is 11.7. The molecule has 0 amide bonds. The number of fused-ring (bicyclic) bond motifs is 4. The lowest BCUT2D eigenvalue weighted by atomic mass is 9.94. The van der Waals surface area contributed by atoms with Crippen LogP contribution in [0, 0.1) is 0 Å². The van der Waals surface area contributed by atoms with Crippen molar-refractivity contribution >= 4 is 43.1 Å². The zero-order valence-corrected chi connectivity index (χ0v) is 18.9. The van der Waals surface area contributed by atoms with Gasteiger partial charge in [0.2, 0.25) is 0 Å². The Hall–Kier alpha value is -4.42. The molecule has 7 aromatic carbocycles. The van der Waals surface area contributed by atoms with Crippen LogP contribution in [0.4, 0.5) is 0 Å². The summed E-state index contributed by atoms with van der Waals surface area (Å²) in [4.78, 5) is 0. The molecule has 0 atom stereocenters. The van der Waals surface area contributed by atoms with E-state index in [0.717, 1.165) is 0 Å². The van der Waals surface area contributed by atoms with Crippen molar-refractivity contribution in [3.63, 3.8) is 0 Å². The Kier molecular flexibility index (Phi) is 5.26. The summed E-state index contributed by atoms with van der Waals surface area (Å²) in [5, 5.41) is 10.4. The molecule has 0 heterocycles. The highest BCUT2D eigenvalue weighted by Gasteiger charge is 2.06. The fourth-order valence-corrected chi connectivity index (χ4v) is 4.80. The Labute approximate surface area is 199 Å². The standard InChI is InChI=1S/C20H14.C14H10/c1-3-11-17-15(7-1)9-5-13-19(17)20-14-6-10-16-8-2-4-12-18(16)20;1-2-6-12-10-14-8-4-3-7-13(14)9-11(12)5-1/h1-14H;1-10H. The van der Waals surface area contributed by atoms with Gasteiger partial charge in [-0.3, -0.25) is 0 Å². The van der Waals surface area contributed by atoms with E-state index in [9.17, 15) is 0 Å². The van der Waals surface area contributed by atoms with E-state index in [1.807, 2.05) is 0 Å². The number of hydrogen-bond acceptors (Lipinski definition) is 0. The average Bonchev–Trinajstić information content (AvgIpc) is 2.91. The van der Waals surface area contributed by atoms with Gasteiger partial charge in [-0.1, -0.05) is 133 Å². The van der Waals surface area contributed by atoms with Gasteiger partial charge in [0.1, 0.15) is 0 Å². The Bertz CT molecular complexity index is 1560.